The van der Waals surface area contributed by atoms with Crippen LogP contribution in [0.3, 0.4) is 0 Å². The minimum atomic E-state index is -4.13. The molecule has 0 saturated carbocycles. The number of para-hydroxylation sites is 2. The molecule has 0 spiro atoms. The highest BCUT2D eigenvalue weighted by molar-refractivity contribution is 7.85. The zero-order valence-corrected chi connectivity index (χ0v) is 12.6. The first-order valence-electron chi connectivity index (χ1n) is 6.97. The average molecular weight is 320 g/mol. The zero-order chi connectivity index (χ0) is 15.6. The molecule has 0 amide bonds. The van der Waals surface area contributed by atoms with Crippen LogP contribution in [-0.4, -0.2) is 25.7 Å². The molecule has 116 valence electrons. The molecule has 0 radical (unpaired) electrons. The van der Waals surface area contributed by atoms with Crippen LogP contribution in [0, 0.1) is 0 Å². The fourth-order valence-corrected chi connectivity index (χ4v) is 2.84. The van der Waals surface area contributed by atoms with Gasteiger partial charge in [-0.05, 0) is 42.7 Å². The van der Waals surface area contributed by atoms with Crippen LogP contribution in [0.5, 0.6) is 11.5 Å². The summed E-state index contributed by atoms with van der Waals surface area (Å²) in [5, 5.41) is 0. The van der Waals surface area contributed by atoms with Gasteiger partial charge in [-0.1, -0.05) is 24.3 Å². The van der Waals surface area contributed by atoms with Crippen LogP contribution in [-0.2, 0) is 16.5 Å². The normalized spacial score (nSPS) is 17.2. The third-order valence-electron chi connectivity index (χ3n) is 3.54. The van der Waals surface area contributed by atoms with Crippen LogP contribution in [0.2, 0.25) is 0 Å². The number of ether oxygens (including phenoxy) is 2. The quantitative estimate of drug-likeness (QED) is 0.877. The Balaban J connectivity index is 1.60. The van der Waals surface area contributed by atoms with Gasteiger partial charge in [0.05, 0.1) is 4.90 Å². The molecule has 0 unspecified atom stereocenters. The van der Waals surface area contributed by atoms with Gasteiger partial charge in [0.25, 0.3) is 10.1 Å². The largest absolute Gasteiger partial charge is 0.486 e. The van der Waals surface area contributed by atoms with Gasteiger partial charge in [-0.25, -0.2) is 0 Å². The summed E-state index contributed by atoms with van der Waals surface area (Å²) in [4.78, 5) is -0.0950. The van der Waals surface area contributed by atoms with Gasteiger partial charge in [-0.2, -0.15) is 8.42 Å². The van der Waals surface area contributed by atoms with E-state index >= 15 is 0 Å². The molecule has 1 aliphatic heterocycles. The van der Waals surface area contributed by atoms with E-state index in [0.29, 0.717) is 6.61 Å². The van der Waals surface area contributed by atoms with E-state index in [-0.39, 0.29) is 11.0 Å². The highest BCUT2D eigenvalue weighted by atomic mass is 32.2. The van der Waals surface area contributed by atoms with E-state index in [9.17, 15) is 8.42 Å². The van der Waals surface area contributed by atoms with Crippen molar-refractivity contribution in [2.75, 3.05) is 6.61 Å². The van der Waals surface area contributed by atoms with E-state index in [1.807, 2.05) is 24.3 Å². The number of fused-ring (bicyclic) bond motifs is 1. The minimum absolute atomic E-state index is 0.0313. The molecule has 0 bridgehead atoms. The molecule has 1 N–H and O–H groups in total. The summed E-state index contributed by atoms with van der Waals surface area (Å²) in [6.07, 6.45) is 1.47. The molecule has 1 aliphatic rings. The summed E-state index contributed by atoms with van der Waals surface area (Å²) in [5.74, 6) is 1.51. The number of benzene rings is 2. The second kappa shape index (κ2) is 5.98. The van der Waals surface area contributed by atoms with E-state index < -0.39 is 10.1 Å². The Hall–Kier alpha value is -2.05. The average Bonchev–Trinajstić information content (AvgIpc) is 2.52. The molecule has 22 heavy (non-hydrogen) atoms. The van der Waals surface area contributed by atoms with E-state index in [1.165, 1.54) is 12.1 Å². The highest BCUT2D eigenvalue weighted by Crippen LogP contribution is 2.31. The topological polar surface area (TPSA) is 72.8 Å². The Kier molecular flexibility index (Phi) is 4.04. The molecule has 2 aromatic rings. The van der Waals surface area contributed by atoms with E-state index in [4.69, 9.17) is 14.0 Å². The lowest BCUT2D eigenvalue weighted by Gasteiger charge is -2.26. The Bertz CT molecular complexity index is 752. The molecule has 0 fully saturated rings. The standard InChI is InChI=1S/C16H16O5S/c17-22(18,19)14-9-6-12(7-10-14)5-8-13-11-20-15-3-1-2-4-16(15)21-13/h1-4,6-7,9-10,13H,5,8,11H2,(H,17,18,19)/t13-/m0/s1. The highest BCUT2D eigenvalue weighted by Gasteiger charge is 2.20. The van der Waals surface area contributed by atoms with Crippen LogP contribution in [0.15, 0.2) is 53.4 Å². The van der Waals surface area contributed by atoms with Crippen molar-refractivity contribution >= 4 is 10.1 Å². The molecule has 1 atom stereocenters. The number of hydrogen-bond donors (Lipinski definition) is 1. The molecule has 1 heterocycles. The van der Waals surface area contributed by atoms with Gasteiger partial charge >= 0.3 is 0 Å². The molecule has 5 nitrogen and oxygen atoms in total. The predicted molar refractivity (Wildman–Crippen MR) is 80.9 cm³/mol. The van der Waals surface area contributed by atoms with Crippen molar-refractivity contribution < 1.29 is 22.4 Å². The van der Waals surface area contributed by atoms with Gasteiger partial charge < -0.3 is 9.47 Å². The molecule has 6 heteroatoms. The lowest BCUT2D eigenvalue weighted by Crippen LogP contribution is -2.29. The molecule has 3 rings (SSSR count). The fraction of sp³-hybridized carbons (Fsp3) is 0.250. The third-order valence-corrected chi connectivity index (χ3v) is 4.41. The van der Waals surface area contributed by atoms with E-state index in [1.54, 1.807) is 12.1 Å². The number of rotatable bonds is 4. The van der Waals surface area contributed by atoms with Gasteiger partial charge in [0.15, 0.2) is 11.5 Å². The Morgan fingerprint density at radius 2 is 1.73 bits per heavy atom. The van der Waals surface area contributed by atoms with Gasteiger partial charge in [0, 0.05) is 0 Å². The first kappa shape index (κ1) is 14.9. The van der Waals surface area contributed by atoms with Crippen molar-refractivity contribution in [2.24, 2.45) is 0 Å². The van der Waals surface area contributed by atoms with Crippen molar-refractivity contribution in [1.82, 2.24) is 0 Å². The van der Waals surface area contributed by atoms with Gasteiger partial charge in [-0.3, -0.25) is 4.55 Å². The molecule has 2 aromatic carbocycles. The Morgan fingerprint density at radius 3 is 2.41 bits per heavy atom. The summed E-state index contributed by atoms with van der Waals surface area (Å²) < 4.78 is 42.4. The van der Waals surface area contributed by atoms with Gasteiger partial charge in [0.1, 0.15) is 12.7 Å². The number of aryl methyl sites for hydroxylation is 1. The monoisotopic (exact) mass is 320 g/mol. The van der Waals surface area contributed by atoms with Crippen molar-refractivity contribution in [3.8, 4) is 11.5 Å². The van der Waals surface area contributed by atoms with Crippen LogP contribution in [0.25, 0.3) is 0 Å². The summed E-state index contributed by atoms with van der Waals surface area (Å²) in [6, 6.07) is 13.7. The van der Waals surface area contributed by atoms with Crippen LogP contribution < -0.4 is 9.47 Å². The summed E-state index contributed by atoms with van der Waals surface area (Å²) >= 11 is 0. The third kappa shape index (κ3) is 3.40. The molecule has 0 aliphatic carbocycles. The number of hydrogen-bond acceptors (Lipinski definition) is 4. The maximum Gasteiger partial charge on any atom is 0.294 e. The molecule has 0 saturated heterocycles. The smallest absolute Gasteiger partial charge is 0.294 e. The van der Waals surface area contributed by atoms with Crippen LogP contribution in [0.1, 0.15) is 12.0 Å². The SMILES string of the molecule is O=S(=O)(O)c1ccc(CC[C@H]2COc3ccccc3O2)cc1. The second-order valence-corrected chi connectivity index (χ2v) is 6.58. The summed E-state index contributed by atoms with van der Waals surface area (Å²) in [7, 11) is -4.13. The van der Waals surface area contributed by atoms with E-state index in [2.05, 4.69) is 0 Å². The van der Waals surface area contributed by atoms with Gasteiger partial charge in [0.2, 0.25) is 0 Å². The first-order chi connectivity index (χ1) is 10.5. The predicted octanol–water partition coefficient (Wildman–Crippen LogP) is 2.71. The Labute approximate surface area is 129 Å². The van der Waals surface area contributed by atoms with Crippen molar-refractivity contribution in [2.45, 2.75) is 23.8 Å². The van der Waals surface area contributed by atoms with Crippen molar-refractivity contribution in [1.29, 1.82) is 0 Å². The fourth-order valence-electron chi connectivity index (χ4n) is 2.36. The lowest BCUT2D eigenvalue weighted by molar-refractivity contribution is 0.0851. The molecular weight excluding hydrogens is 304 g/mol. The molecular formula is C16H16O5S. The van der Waals surface area contributed by atoms with Crippen molar-refractivity contribution in [3.63, 3.8) is 0 Å². The lowest BCUT2D eigenvalue weighted by atomic mass is 10.1. The van der Waals surface area contributed by atoms with Crippen LogP contribution in [0.4, 0.5) is 0 Å². The van der Waals surface area contributed by atoms with Crippen molar-refractivity contribution in [3.05, 3.63) is 54.1 Å². The maximum atomic E-state index is 11.0. The first-order valence-corrected chi connectivity index (χ1v) is 8.41. The second-order valence-electron chi connectivity index (χ2n) is 5.16. The summed E-state index contributed by atoms with van der Waals surface area (Å²) in [5.41, 5.74) is 0.981. The summed E-state index contributed by atoms with van der Waals surface area (Å²) in [6.45, 7) is 0.500. The van der Waals surface area contributed by atoms with Gasteiger partial charge in [-0.15, -0.1) is 0 Å². The van der Waals surface area contributed by atoms with E-state index in [0.717, 1.165) is 29.9 Å². The maximum absolute atomic E-state index is 11.0. The molecule has 0 aromatic heterocycles. The van der Waals surface area contributed by atoms with Crippen LogP contribution >= 0.6 is 0 Å². The Morgan fingerprint density at radius 1 is 1.05 bits per heavy atom. The zero-order valence-electron chi connectivity index (χ0n) is 11.8. The minimum Gasteiger partial charge on any atom is -0.486 e.